The van der Waals surface area contributed by atoms with Crippen LogP contribution in [0.5, 0.6) is 5.75 Å². The topological polar surface area (TPSA) is 67.7 Å². The van der Waals surface area contributed by atoms with E-state index < -0.39 is 0 Å². The van der Waals surface area contributed by atoms with E-state index in [1.165, 1.54) is 0 Å². The van der Waals surface area contributed by atoms with Crippen LogP contribution in [0.25, 0.3) is 11.0 Å². The van der Waals surface area contributed by atoms with Gasteiger partial charge in [-0.05, 0) is 47.5 Å². The lowest BCUT2D eigenvalue weighted by Crippen LogP contribution is -2.30. The summed E-state index contributed by atoms with van der Waals surface area (Å²) in [5, 5.41) is 6.32. The molecular weight excluding hydrogens is 352 g/mol. The molecule has 1 aliphatic rings. The molecule has 6 heteroatoms. The maximum Gasteiger partial charge on any atom is 0.245 e. The third-order valence-corrected chi connectivity index (χ3v) is 4.93. The fourth-order valence-corrected chi connectivity index (χ4v) is 3.38. The molecule has 1 atom stereocenters. The van der Waals surface area contributed by atoms with Crippen molar-refractivity contribution in [2.45, 2.75) is 26.3 Å². The minimum atomic E-state index is -0.154. The molecule has 2 aromatic carbocycles. The van der Waals surface area contributed by atoms with Crippen LogP contribution < -0.4 is 4.74 Å². The molecule has 1 amide bonds. The second-order valence-corrected chi connectivity index (χ2v) is 7.14. The molecule has 0 unspecified atom stereocenters. The average Bonchev–Trinajstić information content (AvgIpc) is 3.18. The Morgan fingerprint density at radius 3 is 2.46 bits per heavy atom. The quantitative estimate of drug-likeness (QED) is 0.693. The smallest absolute Gasteiger partial charge is 0.245 e. The number of methoxy groups -OCH3 is 1. The zero-order valence-electron chi connectivity index (χ0n) is 16.2. The van der Waals surface area contributed by atoms with E-state index in [1.54, 1.807) is 24.5 Å². The van der Waals surface area contributed by atoms with Crippen molar-refractivity contribution in [2.24, 2.45) is 11.0 Å². The van der Waals surface area contributed by atoms with E-state index >= 15 is 0 Å². The molecule has 0 saturated carbocycles. The molecule has 0 fully saturated rings. The minimum absolute atomic E-state index is 0.00718. The van der Waals surface area contributed by atoms with Crippen molar-refractivity contribution in [2.75, 3.05) is 7.11 Å². The average molecular weight is 374 g/mol. The van der Waals surface area contributed by atoms with E-state index in [-0.39, 0.29) is 17.9 Å². The van der Waals surface area contributed by atoms with Gasteiger partial charge in [0.1, 0.15) is 5.75 Å². The van der Waals surface area contributed by atoms with Gasteiger partial charge in [0, 0.05) is 24.7 Å². The lowest BCUT2D eigenvalue weighted by Gasteiger charge is -2.23. The summed E-state index contributed by atoms with van der Waals surface area (Å²) < 4.78 is 5.24. The van der Waals surface area contributed by atoms with Crippen molar-refractivity contribution >= 4 is 22.7 Å². The van der Waals surface area contributed by atoms with Crippen molar-refractivity contribution in [3.8, 4) is 5.75 Å². The van der Waals surface area contributed by atoms with Gasteiger partial charge in [-0.25, -0.2) is 5.01 Å². The van der Waals surface area contributed by atoms with Gasteiger partial charge in [-0.15, -0.1) is 0 Å². The van der Waals surface area contributed by atoms with Crippen LogP contribution in [0.4, 0.5) is 0 Å². The standard InChI is InChI=1S/C22H22N4O2/c1-14(2)22(27)26-21(16-6-9-18-20(12-16)24-11-10-23-18)13-19(25-26)15-4-7-17(28-3)8-5-15/h4-12,14,21H,13H2,1-3H3/t21-/m1/s1. The molecule has 1 aliphatic heterocycles. The van der Waals surface area contributed by atoms with Crippen LogP contribution in [0.3, 0.4) is 0 Å². The molecule has 0 aliphatic carbocycles. The predicted octanol–water partition coefficient (Wildman–Crippen LogP) is 3.97. The second kappa shape index (κ2) is 7.38. The maximum absolute atomic E-state index is 12.8. The van der Waals surface area contributed by atoms with E-state index in [0.29, 0.717) is 6.42 Å². The number of hydrogen-bond donors (Lipinski definition) is 0. The largest absolute Gasteiger partial charge is 0.497 e. The highest BCUT2D eigenvalue weighted by Gasteiger charge is 2.34. The molecule has 4 rings (SSSR count). The van der Waals surface area contributed by atoms with E-state index in [9.17, 15) is 4.79 Å². The lowest BCUT2D eigenvalue weighted by molar-refractivity contribution is -0.136. The third-order valence-electron chi connectivity index (χ3n) is 4.93. The van der Waals surface area contributed by atoms with Crippen LogP contribution in [-0.4, -0.2) is 33.7 Å². The monoisotopic (exact) mass is 374 g/mol. The van der Waals surface area contributed by atoms with Gasteiger partial charge in [0.05, 0.1) is 29.9 Å². The van der Waals surface area contributed by atoms with Gasteiger partial charge in [0.25, 0.3) is 0 Å². The van der Waals surface area contributed by atoms with Crippen LogP contribution in [-0.2, 0) is 4.79 Å². The first-order chi connectivity index (χ1) is 13.6. The summed E-state index contributed by atoms with van der Waals surface area (Å²) in [5.41, 5.74) is 4.54. The molecule has 0 saturated heterocycles. The van der Waals surface area contributed by atoms with Gasteiger partial charge in [-0.1, -0.05) is 19.9 Å². The Kier molecular flexibility index (Phi) is 4.77. The Morgan fingerprint density at radius 2 is 1.79 bits per heavy atom. The van der Waals surface area contributed by atoms with Crippen molar-refractivity contribution in [3.05, 3.63) is 66.0 Å². The number of rotatable bonds is 4. The predicted molar refractivity (Wildman–Crippen MR) is 108 cm³/mol. The van der Waals surface area contributed by atoms with Crippen molar-refractivity contribution < 1.29 is 9.53 Å². The Morgan fingerprint density at radius 1 is 1.07 bits per heavy atom. The zero-order valence-corrected chi connectivity index (χ0v) is 16.2. The van der Waals surface area contributed by atoms with E-state index in [2.05, 4.69) is 9.97 Å². The van der Waals surface area contributed by atoms with Crippen LogP contribution in [0.2, 0.25) is 0 Å². The molecule has 1 aromatic heterocycles. The molecule has 3 aromatic rings. The normalized spacial score (nSPS) is 16.5. The third kappa shape index (κ3) is 3.33. The summed E-state index contributed by atoms with van der Waals surface area (Å²) in [7, 11) is 1.64. The first kappa shape index (κ1) is 18.1. The summed E-state index contributed by atoms with van der Waals surface area (Å²) >= 11 is 0. The summed E-state index contributed by atoms with van der Waals surface area (Å²) in [4.78, 5) is 21.6. The number of aromatic nitrogens is 2. The lowest BCUT2D eigenvalue weighted by atomic mass is 9.97. The number of nitrogens with zero attached hydrogens (tertiary/aromatic N) is 4. The number of benzene rings is 2. The van der Waals surface area contributed by atoms with Gasteiger partial charge in [-0.3, -0.25) is 14.8 Å². The molecule has 2 heterocycles. The SMILES string of the molecule is COc1ccc(C2=NN(C(=O)C(C)C)[C@@H](c3ccc4nccnc4c3)C2)cc1. The maximum atomic E-state index is 12.8. The molecule has 0 N–H and O–H groups in total. The number of hydrazone groups is 1. The highest BCUT2D eigenvalue weighted by Crippen LogP contribution is 2.35. The van der Waals surface area contributed by atoms with Gasteiger partial charge >= 0.3 is 0 Å². The van der Waals surface area contributed by atoms with Crippen molar-refractivity contribution in [3.63, 3.8) is 0 Å². The van der Waals surface area contributed by atoms with Crippen LogP contribution in [0, 0.1) is 5.92 Å². The molecular formula is C22H22N4O2. The van der Waals surface area contributed by atoms with E-state index in [4.69, 9.17) is 9.84 Å². The number of ether oxygens (including phenoxy) is 1. The van der Waals surface area contributed by atoms with Crippen LogP contribution in [0.1, 0.15) is 37.4 Å². The van der Waals surface area contributed by atoms with E-state index in [1.807, 2.05) is 56.3 Å². The van der Waals surface area contributed by atoms with Gasteiger partial charge in [0.2, 0.25) is 5.91 Å². The fourth-order valence-electron chi connectivity index (χ4n) is 3.38. The van der Waals surface area contributed by atoms with Crippen molar-refractivity contribution in [1.29, 1.82) is 0 Å². The van der Waals surface area contributed by atoms with Crippen LogP contribution in [0.15, 0.2) is 60.0 Å². The molecule has 6 nitrogen and oxygen atoms in total. The fraction of sp³-hybridized carbons (Fsp3) is 0.273. The van der Waals surface area contributed by atoms with Crippen LogP contribution >= 0.6 is 0 Å². The Hall–Kier alpha value is -3.28. The molecule has 0 bridgehead atoms. The number of carbonyl (C=O) groups is 1. The van der Waals surface area contributed by atoms with E-state index in [0.717, 1.165) is 33.6 Å². The Bertz CT molecular complexity index is 1040. The first-order valence-corrected chi connectivity index (χ1v) is 9.32. The first-order valence-electron chi connectivity index (χ1n) is 9.32. The Balaban J connectivity index is 1.71. The highest BCUT2D eigenvalue weighted by molar-refractivity contribution is 6.03. The number of amides is 1. The Labute approximate surface area is 163 Å². The van der Waals surface area contributed by atoms with Gasteiger partial charge in [0.15, 0.2) is 0 Å². The summed E-state index contributed by atoms with van der Waals surface area (Å²) in [6.07, 6.45) is 4.00. The zero-order chi connectivity index (χ0) is 19.7. The number of carbonyl (C=O) groups excluding carboxylic acids is 1. The molecule has 28 heavy (non-hydrogen) atoms. The number of hydrogen-bond acceptors (Lipinski definition) is 5. The molecule has 0 radical (unpaired) electrons. The summed E-state index contributed by atoms with van der Waals surface area (Å²) in [6, 6.07) is 13.6. The summed E-state index contributed by atoms with van der Waals surface area (Å²) in [6.45, 7) is 3.79. The summed E-state index contributed by atoms with van der Waals surface area (Å²) in [5.74, 6) is 0.664. The minimum Gasteiger partial charge on any atom is -0.497 e. The molecule has 0 spiro atoms. The van der Waals surface area contributed by atoms with Gasteiger partial charge < -0.3 is 4.74 Å². The highest BCUT2D eigenvalue weighted by atomic mass is 16.5. The van der Waals surface area contributed by atoms with Gasteiger partial charge in [-0.2, -0.15) is 5.10 Å². The molecule has 142 valence electrons. The number of fused-ring (bicyclic) bond motifs is 1. The van der Waals surface area contributed by atoms with Crippen molar-refractivity contribution in [1.82, 2.24) is 15.0 Å². The second-order valence-electron chi connectivity index (χ2n) is 7.14.